The van der Waals surface area contributed by atoms with Crippen LogP contribution < -0.4 is 4.74 Å². The molecule has 2 rings (SSSR count). The van der Waals surface area contributed by atoms with Crippen LogP contribution >= 0.6 is 0 Å². The lowest BCUT2D eigenvalue weighted by Gasteiger charge is -2.26. The van der Waals surface area contributed by atoms with Crippen molar-refractivity contribution < 1.29 is 9.47 Å². The fourth-order valence-corrected chi connectivity index (χ4v) is 2.35. The molecule has 0 aromatic heterocycles. The number of aryl methyl sites for hydroxylation is 2. The van der Waals surface area contributed by atoms with E-state index in [4.69, 9.17) is 9.47 Å². The van der Waals surface area contributed by atoms with Gasteiger partial charge in [0.25, 0.3) is 0 Å². The monoisotopic (exact) mass is 249 g/mol. The van der Waals surface area contributed by atoms with Crippen LogP contribution in [0.4, 0.5) is 0 Å². The molecule has 18 heavy (non-hydrogen) atoms. The Kier molecular flexibility index (Phi) is 5.02. The van der Waals surface area contributed by atoms with Gasteiger partial charge in [0.15, 0.2) is 0 Å². The van der Waals surface area contributed by atoms with Crippen molar-refractivity contribution in [2.24, 2.45) is 0 Å². The highest BCUT2D eigenvalue weighted by Gasteiger charge is 2.09. The first-order valence-electron chi connectivity index (χ1n) is 6.73. The maximum absolute atomic E-state index is 5.35. The number of methoxy groups -OCH3 is 1. The fourth-order valence-electron chi connectivity index (χ4n) is 2.35. The minimum absolute atomic E-state index is 0.887. The lowest BCUT2D eigenvalue weighted by atomic mass is 10.1. The normalized spacial score (nSPS) is 16.8. The molecule has 0 radical (unpaired) electrons. The molecule has 3 nitrogen and oxygen atoms in total. The highest BCUT2D eigenvalue weighted by molar-refractivity contribution is 5.36. The minimum Gasteiger partial charge on any atom is -0.496 e. The summed E-state index contributed by atoms with van der Waals surface area (Å²) in [6.07, 6.45) is 2.32. The molecule has 0 spiro atoms. The largest absolute Gasteiger partial charge is 0.496 e. The molecule has 0 saturated carbocycles. The van der Waals surface area contributed by atoms with E-state index in [-0.39, 0.29) is 0 Å². The highest BCUT2D eigenvalue weighted by Crippen LogP contribution is 2.19. The Morgan fingerprint density at radius 3 is 2.78 bits per heavy atom. The Morgan fingerprint density at radius 2 is 2.06 bits per heavy atom. The van der Waals surface area contributed by atoms with E-state index in [9.17, 15) is 0 Å². The van der Waals surface area contributed by atoms with Crippen LogP contribution in [0, 0.1) is 6.92 Å². The molecule has 0 amide bonds. The molecule has 0 atom stereocenters. The standard InChI is InChI=1S/C15H23NO2/c1-13-5-6-14(12-15(13)17-2)4-3-7-16-8-10-18-11-9-16/h5-6,12H,3-4,7-11H2,1-2H3. The Bertz CT molecular complexity index is 373. The third-order valence-corrected chi connectivity index (χ3v) is 3.52. The number of rotatable bonds is 5. The molecule has 3 heteroatoms. The Hall–Kier alpha value is -1.06. The zero-order valence-electron chi connectivity index (χ0n) is 11.4. The molecule has 1 aromatic rings. The summed E-state index contributed by atoms with van der Waals surface area (Å²) >= 11 is 0. The number of nitrogens with zero attached hydrogens (tertiary/aromatic N) is 1. The smallest absolute Gasteiger partial charge is 0.122 e. The average molecular weight is 249 g/mol. The van der Waals surface area contributed by atoms with Gasteiger partial charge < -0.3 is 9.47 Å². The van der Waals surface area contributed by atoms with Gasteiger partial charge in [-0.3, -0.25) is 4.90 Å². The van der Waals surface area contributed by atoms with Crippen LogP contribution in [0.25, 0.3) is 0 Å². The van der Waals surface area contributed by atoms with Gasteiger partial charge in [0, 0.05) is 13.1 Å². The van der Waals surface area contributed by atoms with Gasteiger partial charge >= 0.3 is 0 Å². The zero-order valence-corrected chi connectivity index (χ0v) is 11.4. The first kappa shape index (κ1) is 13.4. The van der Waals surface area contributed by atoms with Gasteiger partial charge in [-0.2, -0.15) is 0 Å². The molecular weight excluding hydrogens is 226 g/mol. The van der Waals surface area contributed by atoms with E-state index in [2.05, 4.69) is 30.0 Å². The number of morpholine rings is 1. The van der Waals surface area contributed by atoms with Crippen molar-refractivity contribution in [1.29, 1.82) is 0 Å². The minimum atomic E-state index is 0.887. The van der Waals surface area contributed by atoms with Gasteiger partial charge in [0.2, 0.25) is 0 Å². The van der Waals surface area contributed by atoms with Crippen molar-refractivity contribution in [3.05, 3.63) is 29.3 Å². The topological polar surface area (TPSA) is 21.7 Å². The molecule has 0 unspecified atom stereocenters. The molecule has 1 aliphatic heterocycles. The van der Waals surface area contributed by atoms with Crippen molar-refractivity contribution >= 4 is 0 Å². The van der Waals surface area contributed by atoms with E-state index >= 15 is 0 Å². The Balaban J connectivity index is 1.79. The quantitative estimate of drug-likeness (QED) is 0.799. The van der Waals surface area contributed by atoms with Crippen LogP contribution in [-0.2, 0) is 11.2 Å². The lowest BCUT2D eigenvalue weighted by Crippen LogP contribution is -2.36. The molecule has 1 aromatic carbocycles. The SMILES string of the molecule is COc1cc(CCCN2CCOCC2)ccc1C. The van der Waals surface area contributed by atoms with Gasteiger partial charge in [-0.05, 0) is 43.5 Å². The van der Waals surface area contributed by atoms with E-state index in [1.807, 2.05) is 0 Å². The van der Waals surface area contributed by atoms with Crippen LogP contribution in [0.3, 0.4) is 0 Å². The summed E-state index contributed by atoms with van der Waals surface area (Å²) in [5, 5.41) is 0. The van der Waals surface area contributed by atoms with Crippen LogP contribution in [-0.4, -0.2) is 44.9 Å². The van der Waals surface area contributed by atoms with Crippen LogP contribution in [0.5, 0.6) is 5.75 Å². The second-order valence-electron chi connectivity index (χ2n) is 4.86. The van der Waals surface area contributed by atoms with E-state index in [0.29, 0.717) is 0 Å². The summed E-state index contributed by atoms with van der Waals surface area (Å²) in [4.78, 5) is 2.48. The summed E-state index contributed by atoms with van der Waals surface area (Å²) < 4.78 is 10.7. The van der Waals surface area contributed by atoms with Crippen molar-refractivity contribution in [3.8, 4) is 5.75 Å². The molecular formula is C15H23NO2. The van der Waals surface area contributed by atoms with Gasteiger partial charge in [0.1, 0.15) is 5.75 Å². The van der Waals surface area contributed by atoms with E-state index in [1.165, 1.54) is 24.1 Å². The van der Waals surface area contributed by atoms with E-state index in [1.54, 1.807) is 7.11 Å². The number of ether oxygens (including phenoxy) is 2. The van der Waals surface area contributed by atoms with Crippen LogP contribution in [0.2, 0.25) is 0 Å². The first-order valence-corrected chi connectivity index (χ1v) is 6.73. The maximum atomic E-state index is 5.35. The highest BCUT2D eigenvalue weighted by atomic mass is 16.5. The van der Waals surface area contributed by atoms with Gasteiger partial charge in [-0.15, -0.1) is 0 Å². The van der Waals surface area contributed by atoms with Gasteiger partial charge in [0.05, 0.1) is 20.3 Å². The molecule has 0 N–H and O–H groups in total. The number of benzene rings is 1. The van der Waals surface area contributed by atoms with Crippen molar-refractivity contribution in [2.45, 2.75) is 19.8 Å². The molecule has 1 fully saturated rings. The average Bonchev–Trinajstić information content (AvgIpc) is 2.42. The van der Waals surface area contributed by atoms with E-state index < -0.39 is 0 Å². The molecule has 0 bridgehead atoms. The second-order valence-corrected chi connectivity index (χ2v) is 4.86. The molecule has 1 heterocycles. The van der Waals surface area contributed by atoms with E-state index in [0.717, 1.165) is 38.5 Å². The van der Waals surface area contributed by atoms with Gasteiger partial charge in [-0.1, -0.05) is 12.1 Å². The second kappa shape index (κ2) is 6.76. The van der Waals surface area contributed by atoms with Crippen LogP contribution in [0.15, 0.2) is 18.2 Å². The van der Waals surface area contributed by atoms with Crippen LogP contribution in [0.1, 0.15) is 17.5 Å². The summed E-state index contributed by atoms with van der Waals surface area (Å²) in [5.41, 5.74) is 2.57. The Morgan fingerprint density at radius 1 is 1.28 bits per heavy atom. The number of hydrogen-bond acceptors (Lipinski definition) is 3. The first-order chi connectivity index (χ1) is 8.79. The summed E-state index contributed by atoms with van der Waals surface area (Å²) in [6.45, 7) is 7.18. The lowest BCUT2D eigenvalue weighted by molar-refractivity contribution is 0.0374. The zero-order chi connectivity index (χ0) is 12.8. The third-order valence-electron chi connectivity index (χ3n) is 3.52. The fraction of sp³-hybridized carbons (Fsp3) is 0.600. The maximum Gasteiger partial charge on any atom is 0.122 e. The van der Waals surface area contributed by atoms with Crippen molar-refractivity contribution in [1.82, 2.24) is 4.90 Å². The Labute approximate surface area is 110 Å². The predicted molar refractivity (Wildman–Crippen MR) is 73.3 cm³/mol. The molecule has 0 aliphatic carbocycles. The van der Waals surface area contributed by atoms with Crippen molar-refractivity contribution in [2.75, 3.05) is 40.0 Å². The molecule has 100 valence electrons. The van der Waals surface area contributed by atoms with Gasteiger partial charge in [-0.25, -0.2) is 0 Å². The number of hydrogen-bond donors (Lipinski definition) is 0. The summed E-state index contributed by atoms with van der Waals surface area (Å²) in [7, 11) is 1.74. The summed E-state index contributed by atoms with van der Waals surface area (Å²) in [5.74, 6) is 0.999. The summed E-state index contributed by atoms with van der Waals surface area (Å²) in [6, 6.07) is 6.51. The third kappa shape index (κ3) is 3.72. The van der Waals surface area contributed by atoms with Crippen molar-refractivity contribution in [3.63, 3.8) is 0 Å². The molecule has 1 aliphatic rings. The predicted octanol–water partition coefficient (Wildman–Crippen LogP) is 2.27. The molecule has 1 saturated heterocycles.